The second-order valence-electron chi connectivity index (χ2n) is 6.59. The Morgan fingerprint density at radius 2 is 2.03 bits per heavy atom. The maximum absolute atomic E-state index is 13.0. The van der Waals surface area contributed by atoms with Gasteiger partial charge in [0, 0.05) is 25.3 Å². The summed E-state index contributed by atoms with van der Waals surface area (Å²) in [4.78, 5) is 21.1. The fourth-order valence-corrected chi connectivity index (χ4v) is 6.66. The van der Waals surface area contributed by atoms with Gasteiger partial charge in [-0.2, -0.15) is 4.31 Å². The number of anilines is 1. The molecule has 0 unspecified atom stereocenters. The van der Waals surface area contributed by atoms with Gasteiger partial charge in [-0.25, -0.2) is 13.4 Å². The van der Waals surface area contributed by atoms with E-state index in [1.807, 2.05) is 31.4 Å². The quantitative estimate of drug-likeness (QED) is 0.570. The van der Waals surface area contributed by atoms with Crippen LogP contribution >= 0.6 is 22.7 Å². The number of fused-ring (bicyclic) bond motifs is 1. The van der Waals surface area contributed by atoms with Crippen LogP contribution in [-0.4, -0.2) is 43.2 Å². The minimum atomic E-state index is -3.51. The molecule has 0 N–H and O–H groups in total. The smallest absolute Gasteiger partial charge is 0.270 e. The Morgan fingerprint density at radius 1 is 1.24 bits per heavy atom. The lowest BCUT2D eigenvalue weighted by atomic mass is 10.2. The van der Waals surface area contributed by atoms with Crippen LogP contribution in [0.25, 0.3) is 9.88 Å². The molecule has 0 atom stereocenters. The van der Waals surface area contributed by atoms with E-state index >= 15 is 0 Å². The summed E-state index contributed by atoms with van der Waals surface area (Å²) >= 11 is 2.98. The second kappa shape index (κ2) is 7.98. The van der Waals surface area contributed by atoms with Gasteiger partial charge in [0.2, 0.25) is 10.0 Å². The van der Waals surface area contributed by atoms with Gasteiger partial charge in [-0.05, 0) is 41.6 Å². The molecule has 0 radical (unpaired) electrons. The molecule has 3 heterocycles. The third-order valence-electron chi connectivity index (χ3n) is 4.98. The minimum absolute atomic E-state index is 0.0941. The maximum Gasteiger partial charge on any atom is 0.270 e. The van der Waals surface area contributed by atoms with Crippen LogP contribution in [0.4, 0.5) is 5.69 Å². The van der Waals surface area contributed by atoms with Crippen molar-refractivity contribution in [3.05, 3.63) is 52.3 Å². The molecule has 3 aromatic rings. The summed E-state index contributed by atoms with van der Waals surface area (Å²) in [5.74, 6) is -0.0941. The highest BCUT2D eigenvalue weighted by Crippen LogP contribution is 2.34. The summed E-state index contributed by atoms with van der Waals surface area (Å²) in [6, 6.07) is 9.00. The second-order valence-corrected chi connectivity index (χ2v) is 10.5. The first-order valence-electron chi connectivity index (χ1n) is 9.40. The van der Waals surface area contributed by atoms with Gasteiger partial charge in [-0.1, -0.05) is 19.9 Å². The van der Waals surface area contributed by atoms with Gasteiger partial charge < -0.3 is 4.90 Å². The van der Waals surface area contributed by atoms with Crippen LogP contribution in [0.3, 0.4) is 0 Å². The first-order valence-corrected chi connectivity index (χ1v) is 12.5. The number of amides is 1. The lowest BCUT2D eigenvalue weighted by molar-refractivity contribution is 0.0993. The molecule has 0 aliphatic carbocycles. The van der Waals surface area contributed by atoms with E-state index in [0.29, 0.717) is 30.9 Å². The number of rotatable bonds is 6. The molecule has 29 heavy (non-hydrogen) atoms. The number of sulfonamides is 1. The average Bonchev–Trinajstić information content (AvgIpc) is 3.47. The van der Waals surface area contributed by atoms with E-state index in [9.17, 15) is 13.2 Å². The number of benzene rings is 1. The summed E-state index contributed by atoms with van der Waals surface area (Å²) in [5, 5.41) is 2.82. The van der Waals surface area contributed by atoms with Gasteiger partial charge >= 0.3 is 0 Å². The Morgan fingerprint density at radius 3 is 2.72 bits per heavy atom. The van der Waals surface area contributed by atoms with E-state index in [4.69, 9.17) is 0 Å². The summed E-state index contributed by atoms with van der Waals surface area (Å²) in [5.41, 5.74) is 1.66. The van der Waals surface area contributed by atoms with E-state index in [2.05, 4.69) is 4.98 Å². The van der Waals surface area contributed by atoms with Gasteiger partial charge in [0.05, 0.1) is 16.0 Å². The van der Waals surface area contributed by atoms with Crippen molar-refractivity contribution in [3.8, 4) is 9.88 Å². The lowest BCUT2D eigenvalue weighted by Crippen LogP contribution is -2.30. The molecule has 1 amide bonds. The number of hydrogen-bond donors (Lipinski definition) is 0. The van der Waals surface area contributed by atoms with E-state index < -0.39 is 10.0 Å². The third-order valence-corrected chi connectivity index (χ3v) is 9.05. The molecule has 0 spiro atoms. The summed E-state index contributed by atoms with van der Waals surface area (Å²) in [6.07, 6.45) is 2.26. The zero-order chi connectivity index (χ0) is 20.6. The van der Waals surface area contributed by atoms with Crippen molar-refractivity contribution in [1.29, 1.82) is 0 Å². The Balaban J connectivity index is 1.60. The lowest BCUT2D eigenvalue weighted by Gasteiger charge is -2.20. The molecule has 1 aliphatic heterocycles. The number of nitrogens with zero attached hydrogens (tertiary/aromatic N) is 3. The fraction of sp³-hybridized carbons (Fsp3) is 0.300. The van der Waals surface area contributed by atoms with E-state index in [1.54, 1.807) is 40.6 Å². The molecule has 0 fully saturated rings. The van der Waals surface area contributed by atoms with Crippen molar-refractivity contribution in [2.75, 3.05) is 24.5 Å². The number of thiophene rings is 1. The molecule has 152 valence electrons. The molecular weight excluding hydrogens is 426 g/mol. The normalized spacial score (nSPS) is 13.8. The highest BCUT2D eigenvalue weighted by atomic mass is 32.2. The summed E-state index contributed by atoms with van der Waals surface area (Å²) in [6.45, 7) is 5.05. The molecule has 4 rings (SSSR count). The van der Waals surface area contributed by atoms with E-state index in [0.717, 1.165) is 21.1 Å². The standard InChI is InChI=1S/C20H21N3O3S3/c1-3-22(4-2)29(25,26)15-7-8-16-14(12-15)9-10-23(16)20(24)18-13-21-19(28-18)17-6-5-11-27-17/h5-8,11-13H,3-4,9-10H2,1-2H3. The Hall–Kier alpha value is -2.07. The van der Waals surface area contributed by atoms with Gasteiger partial charge in [-0.3, -0.25) is 4.79 Å². The molecule has 9 heteroatoms. The van der Waals surface area contributed by atoms with Crippen LogP contribution < -0.4 is 4.90 Å². The van der Waals surface area contributed by atoms with Crippen LogP contribution in [-0.2, 0) is 16.4 Å². The molecule has 0 saturated carbocycles. The summed E-state index contributed by atoms with van der Waals surface area (Å²) < 4.78 is 27.0. The largest absolute Gasteiger partial charge is 0.307 e. The number of carbonyl (C=O) groups is 1. The van der Waals surface area contributed by atoms with Gasteiger partial charge in [-0.15, -0.1) is 22.7 Å². The number of thiazole rings is 1. The van der Waals surface area contributed by atoms with E-state index in [-0.39, 0.29) is 10.8 Å². The van der Waals surface area contributed by atoms with Gasteiger partial charge in [0.25, 0.3) is 5.91 Å². The van der Waals surface area contributed by atoms with Crippen molar-refractivity contribution >= 4 is 44.3 Å². The first-order chi connectivity index (χ1) is 14.0. The van der Waals surface area contributed by atoms with Gasteiger partial charge in [0.15, 0.2) is 0 Å². The van der Waals surface area contributed by atoms with Crippen LogP contribution in [0, 0.1) is 0 Å². The van der Waals surface area contributed by atoms with Crippen LogP contribution in [0.5, 0.6) is 0 Å². The van der Waals surface area contributed by atoms with Crippen molar-refractivity contribution in [1.82, 2.24) is 9.29 Å². The van der Waals surface area contributed by atoms with Crippen LogP contribution in [0.2, 0.25) is 0 Å². The zero-order valence-corrected chi connectivity index (χ0v) is 18.6. The van der Waals surface area contributed by atoms with Gasteiger partial charge in [0.1, 0.15) is 9.88 Å². The predicted octanol–water partition coefficient (Wildman–Crippen LogP) is 4.11. The summed E-state index contributed by atoms with van der Waals surface area (Å²) in [7, 11) is -3.51. The SMILES string of the molecule is CCN(CC)S(=O)(=O)c1ccc2c(c1)CCN2C(=O)c1cnc(-c2cccs2)s1. The predicted molar refractivity (Wildman–Crippen MR) is 117 cm³/mol. The number of hydrogen-bond acceptors (Lipinski definition) is 6. The molecule has 0 bridgehead atoms. The third kappa shape index (κ3) is 3.63. The van der Waals surface area contributed by atoms with Crippen molar-refractivity contribution in [2.24, 2.45) is 0 Å². The topological polar surface area (TPSA) is 70.6 Å². The maximum atomic E-state index is 13.0. The average molecular weight is 448 g/mol. The minimum Gasteiger partial charge on any atom is -0.307 e. The Kier molecular flexibility index (Phi) is 5.56. The Labute approximate surface area is 178 Å². The monoisotopic (exact) mass is 447 g/mol. The molecule has 2 aromatic heterocycles. The van der Waals surface area contributed by atoms with Crippen molar-refractivity contribution < 1.29 is 13.2 Å². The number of carbonyl (C=O) groups excluding carboxylic acids is 1. The molecule has 6 nitrogen and oxygen atoms in total. The van der Waals surface area contributed by atoms with Crippen LogP contribution in [0.15, 0.2) is 46.8 Å². The zero-order valence-electron chi connectivity index (χ0n) is 16.2. The highest BCUT2D eigenvalue weighted by Gasteiger charge is 2.30. The highest BCUT2D eigenvalue weighted by molar-refractivity contribution is 7.89. The first kappa shape index (κ1) is 20.2. The Bertz CT molecular complexity index is 1130. The molecule has 1 aromatic carbocycles. The fourth-order valence-electron chi connectivity index (χ4n) is 3.48. The molecule has 1 aliphatic rings. The van der Waals surface area contributed by atoms with Crippen molar-refractivity contribution in [3.63, 3.8) is 0 Å². The van der Waals surface area contributed by atoms with E-state index in [1.165, 1.54) is 15.6 Å². The van der Waals surface area contributed by atoms with Crippen molar-refractivity contribution in [2.45, 2.75) is 25.2 Å². The van der Waals surface area contributed by atoms with Crippen LogP contribution in [0.1, 0.15) is 29.1 Å². The number of aromatic nitrogens is 1. The molecular formula is C20H21N3O3S3. The molecule has 0 saturated heterocycles.